The van der Waals surface area contributed by atoms with E-state index in [0.717, 1.165) is 29.1 Å². The Labute approximate surface area is 168 Å². The summed E-state index contributed by atoms with van der Waals surface area (Å²) in [5.41, 5.74) is 4.64. The van der Waals surface area contributed by atoms with E-state index in [1.165, 1.54) is 5.56 Å². The number of aromatic nitrogens is 3. The van der Waals surface area contributed by atoms with E-state index in [1.54, 1.807) is 18.4 Å². The highest BCUT2D eigenvalue weighted by atomic mass is 16.4. The lowest BCUT2D eigenvalue weighted by molar-refractivity contribution is -0.116. The molecule has 1 amide bonds. The summed E-state index contributed by atoms with van der Waals surface area (Å²) in [6.07, 6.45) is 2.52. The maximum atomic E-state index is 12.6. The van der Waals surface area contributed by atoms with Crippen molar-refractivity contribution in [2.24, 2.45) is 0 Å². The third kappa shape index (κ3) is 3.85. The first kappa shape index (κ1) is 18.7. The highest BCUT2D eigenvalue weighted by molar-refractivity contribution is 5.90. The van der Waals surface area contributed by atoms with Crippen LogP contribution in [0.15, 0.2) is 57.6 Å². The number of furan rings is 1. The number of benzene rings is 1. The Morgan fingerprint density at radius 2 is 1.86 bits per heavy atom. The molecule has 0 aliphatic rings. The van der Waals surface area contributed by atoms with Gasteiger partial charge in [0.15, 0.2) is 5.76 Å². The lowest BCUT2D eigenvalue weighted by Gasteiger charge is -2.10. The molecule has 0 fully saturated rings. The third-order valence-electron chi connectivity index (χ3n) is 4.91. The average Bonchev–Trinajstić information content (AvgIpc) is 3.45. The van der Waals surface area contributed by atoms with Crippen molar-refractivity contribution in [3.8, 4) is 23.1 Å². The molecule has 7 nitrogen and oxygen atoms in total. The predicted octanol–water partition coefficient (Wildman–Crippen LogP) is 4.62. The number of aryl methyl sites for hydroxylation is 2. The quantitative estimate of drug-likeness (QED) is 0.519. The van der Waals surface area contributed by atoms with E-state index in [1.807, 2.05) is 48.7 Å². The summed E-state index contributed by atoms with van der Waals surface area (Å²) in [6, 6.07) is 13.4. The van der Waals surface area contributed by atoms with Gasteiger partial charge in [-0.05, 0) is 56.2 Å². The van der Waals surface area contributed by atoms with Gasteiger partial charge in [-0.25, -0.2) is 0 Å². The molecule has 148 valence electrons. The molecule has 7 heteroatoms. The molecule has 0 radical (unpaired) electrons. The van der Waals surface area contributed by atoms with Gasteiger partial charge < -0.3 is 18.7 Å². The smallest absolute Gasteiger partial charge is 0.283 e. The van der Waals surface area contributed by atoms with Crippen molar-refractivity contribution in [1.29, 1.82) is 0 Å². The fourth-order valence-electron chi connectivity index (χ4n) is 3.26. The van der Waals surface area contributed by atoms with Gasteiger partial charge in [-0.2, -0.15) is 0 Å². The highest BCUT2D eigenvalue weighted by Crippen LogP contribution is 2.28. The van der Waals surface area contributed by atoms with Crippen LogP contribution in [0.2, 0.25) is 0 Å². The molecule has 3 aromatic heterocycles. The summed E-state index contributed by atoms with van der Waals surface area (Å²) in [5, 5.41) is 11.1. The van der Waals surface area contributed by atoms with Gasteiger partial charge in [0.25, 0.3) is 5.89 Å². The van der Waals surface area contributed by atoms with E-state index in [-0.39, 0.29) is 12.5 Å². The zero-order valence-corrected chi connectivity index (χ0v) is 16.6. The first-order valence-corrected chi connectivity index (χ1v) is 9.48. The van der Waals surface area contributed by atoms with Crippen LogP contribution in [0, 0.1) is 13.8 Å². The van der Waals surface area contributed by atoms with Gasteiger partial charge in [-0.1, -0.05) is 19.1 Å². The van der Waals surface area contributed by atoms with Crippen LogP contribution in [0.4, 0.5) is 5.69 Å². The van der Waals surface area contributed by atoms with Crippen LogP contribution in [0.1, 0.15) is 23.9 Å². The summed E-state index contributed by atoms with van der Waals surface area (Å²) < 4.78 is 13.0. The second kappa shape index (κ2) is 7.79. The predicted molar refractivity (Wildman–Crippen MR) is 109 cm³/mol. The molecule has 0 spiro atoms. The first-order chi connectivity index (χ1) is 14.0. The molecule has 0 aliphatic carbocycles. The summed E-state index contributed by atoms with van der Waals surface area (Å²) >= 11 is 0. The number of nitrogens with zero attached hydrogens (tertiary/aromatic N) is 3. The van der Waals surface area contributed by atoms with Crippen LogP contribution in [0.25, 0.3) is 23.1 Å². The Hall–Kier alpha value is -3.61. The van der Waals surface area contributed by atoms with Crippen molar-refractivity contribution in [3.63, 3.8) is 0 Å². The van der Waals surface area contributed by atoms with E-state index in [0.29, 0.717) is 17.5 Å². The molecule has 1 N–H and O–H groups in total. The minimum Gasteiger partial charge on any atom is -0.459 e. The number of rotatable bonds is 6. The fourth-order valence-corrected chi connectivity index (χ4v) is 3.26. The molecule has 0 saturated heterocycles. The summed E-state index contributed by atoms with van der Waals surface area (Å²) in [7, 11) is 0. The highest BCUT2D eigenvalue weighted by Gasteiger charge is 2.19. The van der Waals surface area contributed by atoms with E-state index in [4.69, 9.17) is 8.83 Å². The number of carbonyl (C=O) groups is 1. The number of hydrogen-bond acceptors (Lipinski definition) is 5. The van der Waals surface area contributed by atoms with E-state index in [9.17, 15) is 4.79 Å². The molecule has 0 unspecified atom stereocenters. The Kier molecular flexibility index (Phi) is 5.03. The van der Waals surface area contributed by atoms with Crippen LogP contribution >= 0.6 is 0 Å². The van der Waals surface area contributed by atoms with Gasteiger partial charge in [0.1, 0.15) is 6.54 Å². The Morgan fingerprint density at radius 1 is 1.10 bits per heavy atom. The van der Waals surface area contributed by atoms with Crippen molar-refractivity contribution >= 4 is 11.6 Å². The van der Waals surface area contributed by atoms with Gasteiger partial charge >= 0.3 is 0 Å². The molecule has 0 atom stereocenters. The lowest BCUT2D eigenvalue weighted by atomic mass is 10.1. The summed E-state index contributed by atoms with van der Waals surface area (Å²) in [4.78, 5) is 12.6. The number of anilines is 1. The summed E-state index contributed by atoms with van der Waals surface area (Å²) in [5.74, 6) is 1.14. The normalized spacial score (nSPS) is 11.0. The van der Waals surface area contributed by atoms with Gasteiger partial charge in [0.05, 0.1) is 11.8 Å². The lowest BCUT2D eigenvalue weighted by Crippen LogP contribution is -2.20. The average molecular weight is 390 g/mol. The molecule has 4 aromatic rings. The number of amides is 1. The minimum absolute atomic E-state index is 0.0931. The van der Waals surface area contributed by atoms with Crippen molar-refractivity contribution in [3.05, 3.63) is 65.7 Å². The zero-order valence-electron chi connectivity index (χ0n) is 16.6. The number of hydrogen-bond donors (Lipinski definition) is 1. The molecular formula is C22H22N4O3. The molecule has 0 saturated carbocycles. The molecule has 29 heavy (non-hydrogen) atoms. The third-order valence-corrected chi connectivity index (χ3v) is 4.91. The zero-order chi connectivity index (χ0) is 20.4. The van der Waals surface area contributed by atoms with Crippen molar-refractivity contribution in [1.82, 2.24) is 14.8 Å². The standard InChI is InChI=1S/C22H22N4O3/c1-4-16-7-9-17(10-8-16)23-20(27)13-26-14(2)12-18(15(26)3)21-24-25-22(29-21)19-6-5-11-28-19/h5-12H,4,13H2,1-3H3,(H,23,27). The van der Waals surface area contributed by atoms with Crippen LogP contribution < -0.4 is 5.32 Å². The molecule has 0 bridgehead atoms. The Morgan fingerprint density at radius 3 is 2.55 bits per heavy atom. The Bertz CT molecular complexity index is 1120. The van der Waals surface area contributed by atoms with Crippen molar-refractivity contribution in [2.45, 2.75) is 33.7 Å². The number of nitrogens with one attached hydrogen (secondary N) is 1. The SMILES string of the molecule is CCc1ccc(NC(=O)Cn2c(C)cc(-c3nnc(-c4ccco4)o3)c2C)cc1. The number of carbonyl (C=O) groups excluding carboxylic acids is 1. The van der Waals surface area contributed by atoms with Crippen LogP contribution in [-0.2, 0) is 17.8 Å². The molecule has 3 heterocycles. The van der Waals surface area contributed by atoms with E-state index < -0.39 is 0 Å². The first-order valence-electron chi connectivity index (χ1n) is 9.48. The maximum absolute atomic E-state index is 12.6. The van der Waals surface area contributed by atoms with Gasteiger partial charge in [0.2, 0.25) is 11.8 Å². The van der Waals surface area contributed by atoms with Gasteiger partial charge in [-0.3, -0.25) is 4.79 Å². The molecular weight excluding hydrogens is 368 g/mol. The fraction of sp³-hybridized carbons (Fsp3) is 0.227. The monoisotopic (exact) mass is 390 g/mol. The molecule has 1 aromatic carbocycles. The largest absolute Gasteiger partial charge is 0.459 e. The van der Waals surface area contributed by atoms with Crippen LogP contribution in [0.5, 0.6) is 0 Å². The van der Waals surface area contributed by atoms with Crippen molar-refractivity contribution in [2.75, 3.05) is 5.32 Å². The van der Waals surface area contributed by atoms with Gasteiger partial charge in [0, 0.05) is 17.1 Å². The topological polar surface area (TPSA) is 86.1 Å². The van der Waals surface area contributed by atoms with E-state index in [2.05, 4.69) is 22.4 Å². The summed E-state index contributed by atoms with van der Waals surface area (Å²) in [6.45, 7) is 6.18. The second-order valence-corrected chi connectivity index (χ2v) is 6.86. The van der Waals surface area contributed by atoms with Crippen LogP contribution in [0.3, 0.4) is 0 Å². The molecule has 0 aliphatic heterocycles. The minimum atomic E-state index is -0.0931. The van der Waals surface area contributed by atoms with Crippen LogP contribution in [-0.4, -0.2) is 20.7 Å². The maximum Gasteiger partial charge on any atom is 0.283 e. The van der Waals surface area contributed by atoms with Crippen molar-refractivity contribution < 1.29 is 13.6 Å². The van der Waals surface area contributed by atoms with Gasteiger partial charge in [-0.15, -0.1) is 10.2 Å². The van der Waals surface area contributed by atoms with E-state index >= 15 is 0 Å². The second-order valence-electron chi connectivity index (χ2n) is 6.86. The Balaban J connectivity index is 1.51. The molecule has 4 rings (SSSR count).